The molecule has 8 nitrogen and oxygen atoms in total. The normalized spacial score (nSPS) is 12.3. The minimum absolute atomic E-state index is 0.0228. The highest BCUT2D eigenvalue weighted by Gasteiger charge is 2.36. The van der Waals surface area contributed by atoms with Gasteiger partial charge in [-0.3, -0.25) is 15.1 Å². The Morgan fingerprint density at radius 1 is 1.12 bits per heavy atom. The molecule has 0 fully saturated rings. The number of thiophene rings is 1. The highest BCUT2D eigenvalue weighted by molar-refractivity contribution is 7.87. The lowest BCUT2D eigenvalue weighted by molar-refractivity contribution is -0.380. The Hall–Kier alpha value is -2.40. The first-order valence-electron chi connectivity index (χ1n) is 9.86. The zero-order valence-corrected chi connectivity index (χ0v) is 20.5. The summed E-state index contributed by atoms with van der Waals surface area (Å²) in [5.74, 6) is 0.933. The second-order valence-electron chi connectivity index (χ2n) is 6.93. The van der Waals surface area contributed by atoms with Crippen molar-refractivity contribution in [3.05, 3.63) is 81.5 Å². The number of hydrogen-bond acceptors (Lipinski definition) is 8. The van der Waals surface area contributed by atoms with Gasteiger partial charge >= 0.3 is 15.1 Å². The summed E-state index contributed by atoms with van der Waals surface area (Å²) in [6.45, 7) is 1.17. The van der Waals surface area contributed by atoms with E-state index in [2.05, 4.69) is 4.98 Å². The van der Waals surface area contributed by atoms with E-state index in [4.69, 9.17) is 27.4 Å². The van der Waals surface area contributed by atoms with Crippen molar-refractivity contribution in [2.24, 2.45) is 0 Å². The van der Waals surface area contributed by atoms with Crippen LogP contribution in [0.4, 0.5) is 10.7 Å². The number of pyridine rings is 1. The van der Waals surface area contributed by atoms with E-state index in [1.807, 2.05) is 4.90 Å². The fourth-order valence-corrected chi connectivity index (χ4v) is 5.94. The van der Waals surface area contributed by atoms with Gasteiger partial charge < -0.3 is 9.08 Å². The molecule has 33 heavy (non-hydrogen) atoms. The van der Waals surface area contributed by atoms with Crippen molar-refractivity contribution in [2.75, 3.05) is 29.7 Å². The van der Waals surface area contributed by atoms with E-state index in [1.54, 1.807) is 30.5 Å². The maximum absolute atomic E-state index is 13.3. The average Bonchev–Trinajstić information content (AvgIpc) is 3.28. The molecule has 176 valence electrons. The fourth-order valence-electron chi connectivity index (χ4n) is 3.28. The molecular formula is C21H21Cl2N3O5S2. The van der Waals surface area contributed by atoms with Crippen molar-refractivity contribution >= 4 is 55.3 Å². The Bertz CT molecular complexity index is 1150. The van der Waals surface area contributed by atoms with Gasteiger partial charge in [-0.15, -0.1) is 23.2 Å². The molecule has 0 saturated carbocycles. The standard InChI is InChI=1S/C21H21Cl2N3O5S2/c22-8-11-25(12-9-23)17-3-5-18(6-4-17)31-33(29,30)20(14-16-2-1-10-24-15-16)19-7-13-32-21(19)26(27)28/h1-7,10,13,15,20H,8-9,11-12,14H2. The lowest BCUT2D eigenvalue weighted by Crippen LogP contribution is -2.27. The molecule has 0 amide bonds. The first-order chi connectivity index (χ1) is 15.9. The first-order valence-corrected chi connectivity index (χ1v) is 13.3. The molecule has 1 atom stereocenters. The largest absolute Gasteiger partial charge is 0.382 e. The van der Waals surface area contributed by atoms with E-state index < -0.39 is 20.3 Å². The predicted molar refractivity (Wildman–Crippen MR) is 131 cm³/mol. The molecule has 1 unspecified atom stereocenters. The van der Waals surface area contributed by atoms with E-state index in [9.17, 15) is 18.5 Å². The van der Waals surface area contributed by atoms with Crippen LogP contribution in [0.5, 0.6) is 5.75 Å². The molecule has 3 rings (SSSR count). The molecule has 0 aliphatic rings. The van der Waals surface area contributed by atoms with E-state index in [0.29, 0.717) is 30.4 Å². The van der Waals surface area contributed by atoms with Crippen molar-refractivity contribution in [1.82, 2.24) is 4.98 Å². The Labute approximate surface area is 206 Å². The van der Waals surface area contributed by atoms with Gasteiger partial charge in [-0.25, -0.2) is 0 Å². The van der Waals surface area contributed by atoms with Crippen molar-refractivity contribution in [3.8, 4) is 5.75 Å². The van der Waals surface area contributed by atoms with E-state index >= 15 is 0 Å². The molecular weight excluding hydrogens is 509 g/mol. The van der Waals surface area contributed by atoms with Crippen molar-refractivity contribution < 1.29 is 17.5 Å². The highest BCUT2D eigenvalue weighted by Crippen LogP contribution is 2.38. The second kappa shape index (κ2) is 11.6. The molecule has 0 aliphatic carbocycles. The zero-order valence-electron chi connectivity index (χ0n) is 17.3. The molecule has 0 saturated heterocycles. The number of rotatable bonds is 12. The third kappa shape index (κ3) is 6.57. The van der Waals surface area contributed by atoms with Crippen molar-refractivity contribution in [3.63, 3.8) is 0 Å². The first kappa shape index (κ1) is 25.2. The van der Waals surface area contributed by atoms with Gasteiger partial charge in [0, 0.05) is 42.9 Å². The van der Waals surface area contributed by atoms with Crippen molar-refractivity contribution in [1.29, 1.82) is 0 Å². The van der Waals surface area contributed by atoms with Gasteiger partial charge in [0.25, 0.3) is 0 Å². The van der Waals surface area contributed by atoms with Crippen LogP contribution < -0.4 is 9.08 Å². The minimum Gasteiger partial charge on any atom is -0.382 e. The molecule has 1 aromatic carbocycles. The maximum atomic E-state index is 13.3. The summed E-state index contributed by atoms with van der Waals surface area (Å²) in [4.78, 5) is 16.9. The summed E-state index contributed by atoms with van der Waals surface area (Å²) in [5, 5.41) is 11.5. The van der Waals surface area contributed by atoms with Crippen LogP contribution in [0.2, 0.25) is 0 Å². The van der Waals surface area contributed by atoms with Crippen LogP contribution in [-0.4, -0.2) is 43.2 Å². The van der Waals surface area contributed by atoms with E-state index in [-0.39, 0.29) is 22.7 Å². The summed E-state index contributed by atoms with van der Waals surface area (Å²) >= 11 is 12.6. The monoisotopic (exact) mass is 529 g/mol. The van der Waals surface area contributed by atoms with Crippen LogP contribution in [-0.2, 0) is 16.5 Å². The van der Waals surface area contributed by atoms with E-state index in [0.717, 1.165) is 17.0 Å². The van der Waals surface area contributed by atoms with Crippen molar-refractivity contribution in [2.45, 2.75) is 11.7 Å². The van der Waals surface area contributed by atoms with Gasteiger partial charge in [-0.05, 0) is 53.8 Å². The number of alkyl halides is 2. The van der Waals surface area contributed by atoms with Crippen LogP contribution in [0, 0.1) is 10.1 Å². The SMILES string of the molecule is O=[N+]([O-])c1sccc1C(Cc1cccnc1)S(=O)(=O)Oc1ccc(N(CCCl)CCCl)cc1. The Balaban J connectivity index is 1.90. The Morgan fingerprint density at radius 3 is 2.39 bits per heavy atom. The topological polar surface area (TPSA) is 103 Å². The van der Waals surface area contributed by atoms with Crippen LogP contribution in [0.25, 0.3) is 0 Å². The van der Waals surface area contributed by atoms with Crippen LogP contribution >= 0.6 is 34.5 Å². The van der Waals surface area contributed by atoms with Gasteiger partial charge in [0.1, 0.15) is 11.0 Å². The zero-order chi connectivity index (χ0) is 23.8. The molecule has 0 spiro atoms. The van der Waals surface area contributed by atoms with Crippen LogP contribution in [0.3, 0.4) is 0 Å². The average molecular weight is 530 g/mol. The molecule has 0 N–H and O–H groups in total. The predicted octanol–water partition coefficient (Wildman–Crippen LogP) is 5.03. The summed E-state index contributed by atoms with van der Waals surface area (Å²) in [6.07, 6.45) is 3.07. The van der Waals surface area contributed by atoms with Gasteiger partial charge in [0.2, 0.25) is 0 Å². The second-order valence-corrected chi connectivity index (χ2v) is 10.3. The summed E-state index contributed by atoms with van der Waals surface area (Å²) < 4.78 is 32.0. The smallest absolute Gasteiger partial charge is 0.328 e. The molecule has 0 aliphatic heterocycles. The van der Waals surface area contributed by atoms with Gasteiger partial charge in [-0.1, -0.05) is 17.4 Å². The lowest BCUT2D eigenvalue weighted by Gasteiger charge is -2.23. The summed E-state index contributed by atoms with van der Waals surface area (Å²) in [6, 6.07) is 11.3. The fraction of sp³-hybridized carbons (Fsp3) is 0.286. The summed E-state index contributed by atoms with van der Waals surface area (Å²) in [7, 11) is -4.29. The molecule has 3 aromatic rings. The number of aromatic nitrogens is 1. The minimum atomic E-state index is -4.29. The third-order valence-corrected chi connectivity index (χ3v) is 7.56. The van der Waals surface area contributed by atoms with Crippen LogP contribution in [0.1, 0.15) is 16.4 Å². The molecule has 2 aromatic heterocycles. The number of hydrogen-bond donors (Lipinski definition) is 0. The number of nitrogens with zero attached hydrogens (tertiary/aromatic N) is 3. The number of halogens is 2. The number of anilines is 1. The van der Waals surface area contributed by atoms with Gasteiger partial charge in [0.05, 0.1) is 10.5 Å². The molecule has 0 bridgehead atoms. The maximum Gasteiger partial charge on any atom is 0.328 e. The van der Waals surface area contributed by atoms with Crippen LogP contribution in [0.15, 0.2) is 60.2 Å². The quantitative estimate of drug-likeness (QED) is 0.140. The Morgan fingerprint density at radius 2 is 1.82 bits per heavy atom. The molecule has 12 heteroatoms. The number of nitro groups is 1. The summed E-state index contributed by atoms with van der Waals surface area (Å²) in [5.41, 5.74) is 1.52. The van der Waals surface area contributed by atoms with E-state index in [1.165, 1.54) is 29.8 Å². The third-order valence-electron chi connectivity index (χ3n) is 4.80. The lowest BCUT2D eigenvalue weighted by atomic mass is 10.1. The van der Waals surface area contributed by atoms with Gasteiger partial charge in [-0.2, -0.15) is 8.42 Å². The number of benzene rings is 1. The molecule has 0 radical (unpaired) electrons. The Kier molecular flexibility index (Phi) is 8.90. The van der Waals surface area contributed by atoms with Gasteiger partial charge in [0.15, 0.2) is 0 Å². The molecule has 2 heterocycles. The highest BCUT2D eigenvalue weighted by atomic mass is 35.5.